The predicted octanol–water partition coefficient (Wildman–Crippen LogP) is 3.25. The molecule has 3 rings (SSSR count). The largest absolute Gasteiger partial charge is 0.496 e. The van der Waals surface area contributed by atoms with E-state index in [1.165, 1.54) is 4.57 Å². The van der Waals surface area contributed by atoms with Crippen LogP contribution in [0.5, 0.6) is 5.75 Å². The number of aromatic nitrogens is 2. The zero-order chi connectivity index (χ0) is 19.6. The number of H-pyrrole nitrogens is 1. The molecule has 0 aliphatic carbocycles. The van der Waals surface area contributed by atoms with Crippen molar-refractivity contribution in [1.82, 2.24) is 14.9 Å². The molecular weight excluding hydrogens is 362 g/mol. The highest BCUT2D eigenvalue weighted by Crippen LogP contribution is 2.19. The van der Waals surface area contributed by atoms with Crippen molar-refractivity contribution in [3.63, 3.8) is 0 Å². The van der Waals surface area contributed by atoms with E-state index in [9.17, 15) is 9.59 Å². The fourth-order valence-electron chi connectivity index (χ4n) is 2.89. The van der Waals surface area contributed by atoms with Crippen LogP contribution in [-0.4, -0.2) is 28.6 Å². The van der Waals surface area contributed by atoms with E-state index >= 15 is 0 Å². The van der Waals surface area contributed by atoms with E-state index in [4.69, 9.17) is 17.0 Å². The van der Waals surface area contributed by atoms with Gasteiger partial charge in [0.05, 0.1) is 24.6 Å². The lowest BCUT2D eigenvalue weighted by Gasteiger charge is -2.12. The van der Waals surface area contributed by atoms with Gasteiger partial charge in [0.1, 0.15) is 5.75 Å². The van der Waals surface area contributed by atoms with E-state index in [-0.39, 0.29) is 17.5 Å². The third kappa shape index (κ3) is 3.93. The zero-order valence-electron chi connectivity index (χ0n) is 15.4. The minimum atomic E-state index is -0.213. The number of nitrogens with zero attached hydrogens (tertiary/aromatic N) is 1. The standard InChI is InChI=1S/C20H21N3O3S/c1-12(2)21-18(24)13-8-9-15-16(10-13)22-20(27)23(19(15)25)11-14-6-4-5-7-17(14)26-3/h4-10,12H,11H2,1-3H3,(H,21,24)(H,22,27). The Hall–Kier alpha value is -2.93. The fraction of sp³-hybridized carbons (Fsp3) is 0.250. The summed E-state index contributed by atoms with van der Waals surface area (Å²) in [5, 5.41) is 3.31. The van der Waals surface area contributed by atoms with Gasteiger partial charge in [-0.15, -0.1) is 0 Å². The van der Waals surface area contributed by atoms with E-state index in [0.29, 0.717) is 33.5 Å². The van der Waals surface area contributed by atoms with Gasteiger partial charge < -0.3 is 15.0 Å². The second-order valence-corrected chi connectivity index (χ2v) is 6.91. The van der Waals surface area contributed by atoms with Crippen LogP contribution in [0.15, 0.2) is 47.3 Å². The molecule has 7 heteroatoms. The van der Waals surface area contributed by atoms with Crippen LogP contribution in [0, 0.1) is 4.77 Å². The maximum absolute atomic E-state index is 12.9. The van der Waals surface area contributed by atoms with Gasteiger partial charge in [-0.2, -0.15) is 0 Å². The van der Waals surface area contributed by atoms with Gasteiger partial charge in [0, 0.05) is 17.2 Å². The molecule has 2 aromatic carbocycles. The van der Waals surface area contributed by atoms with Crippen molar-refractivity contribution in [2.24, 2.45) is 0 Å². The second kappa shape index (κ2) is 7.75. The number of aromatic amines is 1. The lowest BCUT2D eigenvalue weighted by molar-refractivity contribution is 0.0943. The van der Waals surface area contributed by atoms with Crippen molar-refractivity contribution >= 4 is 29.0 Å². The Kier molecular flexibility index (Phi) is 5.41. The number of nitrogens with one attached hydrogen (secondary N) is 2. The lowest BCUT2D eigenvalue weighted by Crippen LogP contribution is -2.30. The average molecular weight is 383 g/mol. The summed E-state index contributed by atoms with van der Waals surface area (Å²) in [7, 11) is 1.59. The van der Waals surface area contributed by atoms with Crippen LogP contribution in [0.1, 0.15) is 29.8 Å². The van der Waals surface area contributed by atoms with Gasteiger partial charge in [-0.25, -0.2) is 0 Å². The van der Waals surface area contributed by atoms with Crippen molar-refractivity contribution in [3.8, 4) is 5.75 Å². The molecule has 27 heavy (non-hydrogen) atoms. The Labute approximate surface area is 161 Å². The average Bonchev–Trinajstić information content (AvgIpc) is 2.64. The number of fused-ring (bicyclic) bond motifs is 1. The minimum Gasteiger partial charge on any atom is -0.496 e. The van der Waals surface area contributed by atoms with E-state index in [0.717, 1.165) is 5.56 Å². The highest BCUT2D eigenvalue weighted by molar-refractivity contribution is 7.71. The third-order valence-electron chi connectivity index (χ3n) is 4.18. The number of methoxy groups -OCH3 is 1. The molecule has 0 spiro atoms. The number of rotatable bonds is 5. The number of carbonyl (C=O) groups excluding carboxylic acids is 1. The summed E-state index contributed by atoms with van der Waals surface area (Å²) in [5.41, 5.74) is 1.66. The smallest absolute Gasteiger partial charge is 0.262 e. The molecule has 1 aromatic heterocycles. The summed E-state index contributed by atoms with van der Waals surface area (Å²) in [4.78, 5) is 28.2. The Morgan fingerprint density at radius 2 is 2.00 bits per heavy atom. The van der Waals surface area contributed by atoms with Gasteiger partial charge in [0.2, 0.25) is 0 Å². The molecule has 0 radical (unpaired) electrons. The third-order valence-corrected chi connectivity index (χ3v) is 4.51. The Bertz CT molecular complexity index is 1120. The van der Waals surface area contributed by atoms with Gasteiger partial charge in [0.25, 0.3) is 11.5 Å². The summed E-state index contributed by atoms with van der Waals surface area (Å²) in [6, 6.07) is 12.5. The molecule has 0 saturated carbocycles. The van der Waals surface area contributed by atoms with Crippen LogP contribution >= 0.6 is 12.2 Å². The molecule has 0 atom stereocenters. The molecule has 2 N–H and O–H groups in total. The van der Waals surface area contributed by atoms with E-state index < -0.39 is 0 Å². The first kappa shape index (κ1) is 18.8. The molecule has 0 aliphatic heterocycles. The summed E-state index contributed by atoms with van der Waals surface area (Å²) < 4.78 is 7.14. The number of hydrogen-bond donors (Lipinski definition) is 2. The van der Waals surface area contributed by atoms with Gasteiger partial charge in [-0.05, 0) is 50.3 Å². The Morgan fingerprint density at radius 3 is 2.70 bits per heavy atom. The highest BCUT2D eigenvalue weighted by atomic mass is 32.1. The van der Waals surface area contributed by atoms with Crippen molar-refractivity contribution in [2.75, 3.05) is 7.11 Å². The molecule has 0 saturated heterocycles. The molecule has 3 aromatic rings. The number of amides is 1. The van der Waals surface area contributed by atoms with Crippen molar-refractivity contribution < 1.29 is 9.53 Å². The summed E-state index contributed by atoms with van der Waals surface area (Å²) in [6.07, 6.45) is 0. The van der Waals surface area contributed by atoms with Gasteiger partial charge in [-0.3, -0.25) is 14.2 Å². The molecule has 0 aliphatic rings. The van der Waals surface area contributed by atoms with Gasteiger partial charge >= 0.3 is 0 Å². The monoisotopic (exact) mass is 383 g/mol. The first-order chi connectivity index (χ1) is 12.9. The second-order valence-electron chi connectivity index (χ2n) is 6.52. The fourth-order valence-corrected chi connectivity index (χ4v) is 3.15. The van der Waals surface area contributed by atoms with Gasteiger partial charge in [-0.1, -0.05) is 18.2 Å². The van der Waals surface area contributed by atoms with E-state index in [1.807, 2.05) is 38.1 Å². The first-order valence-electron chi connectivity index (χ1n) is 8.60. The van der Waals surface area contributed by atoms with Crippen molar-refractivity contribution in [3.05, 3.63) is 68.7 Å². The molecule has 140 valence electrons. The molecule has 0 fully saturated rings. The quantitative estimate of drug-likeness (QED) is 0.663. The SMILES string of the molecule is COc1ccccc1Cn1c(=S)[nH]c2cc(C(=O)NC(C)C)ccc2c1=O. The Morgan fingerprint density at radius 1 is 1.26 bits per heavy atom. The van der Waals surface area contributed by atoms with Crippen LogP contribution in [0.25, 0.3) is 10.9 Å². The van der Waals surface area contributed by atoms with Crippen LogP contribution in [0.3, 0.4) is 0 Å². The topological polar surface area (TPSA) is 76.1 Å². The molecule has 1 amide bonds. The number of ether oxygens (including phenoxy) is 1. The molecule has 6 nitrogen and oxygen atoms in total. The van der Waals surface area contributed by atoms with E-state index in [1.54, 1.807) is 25.3 Å². The molecular formula is C20H21N3O3S. The molecule has 0 unspecified atom stereocenters. The first-order valence-corrected chi connectivity index (χ1v) is 9.01. The maximum Gasteiger partial charge on any atom is 0.262 e. The van der Waals surface area contributed by atoms with Crippen LogP contribution < -0.4 is 15.6 Å². The lowest BCUT2D eigenvalue weighted by atomic mass is 10.1. The van der Waals surface area contributed by atoms with Crippen LogP contribution in [0.4, 0.5) is 0 Å². The van der Waals surface area contributed by atoms with Crippen LogP contribution in [0.2, 0.25) is 0 Å². The van der Waals surface area contributed by atoms with Gasteiger partial charge in [0.15, 0.2) is 4.77 Å². The number of benzene rings is 2. The normalized spacial score (nSPS) is 11.0. The number of para-hydroxylation sites is 1. The predicted molar refractivity (Wildman–Crippen MR) is 108 cm³/mol. The summed E-state index contributed by atoms with van der Waals surface area (Å²) >= 11 is 5.39. The molecule has 0 bridgehead atoms. The molecule has 1 heterocycles. The number of hydrogen-bond acceptors (Lipinski definition) is 4. The van der Waals surface area contributed by atoms with E-state index in [2.05, 4.69) is 10.3 Å². The Balaban J connectivity index is 2.05. The maximum atomic E-state index is 12.9. The zero-order valence-corrected chi connectivity index (χ0v) is 16.2. The summed E-state index contributed by atoms with van der Waals surface area (Å²) in [5.74, 6) is 0.504. The minimum absolute atomic E-state index is 0.0283. The van der Waals surface area contributed by atoms with Crippen LogP contribution in [-0.2, 0) is 6.54 Å². The van der Waals surface area contributed by atoms with Crippen molar-refractivity contribution in [2.45, 2.75) is 26.4 Å². The summed E-state index contributed by atoms with van der Waals surface area (Å²) in [6.45, 7) is 4.08. The highest BCUT2D eigenvalue weighted by Gasteiger charge is 2.12. The number of carbonyl (C=O) groups is 1. The van der Waals surface area contributed by atoms with Crippen molar-refractivity contribution in [1.29, 1.82) is 0 Å².